The van der Waals surface area contributed by atoms with Crippen LogP contribution in [-0.4, -0.2) is 64.1 Å². The molecule has 0 saturated carbocycles. The average molecular weight is 401 g/mol. The molecule has 2 amide bonds. The van der Waals surface area contributed by atoms with Crippen LogP contribution in [0.4, 0.5) is 4.79 Å². The van der Waals surface area contributed by atoms with Gasteiger partial charge in [0.1, 0.15) is 11.6 Å². The standard InChI is InChI=1S/C21H40N2O5/c1-8-21(6,7)12-15-9-10-23(19(27)28-20(3,4)5)17(11-15)18(26)22-16(13-24)14(2)25/h14-17,24-25H,8-13H2,1-7H3,(H,22,26). The number of piperidine rings is 1. The number of hydrogen-bond donors (Lipinski definition) is 3. The van der Waals surface area contributed by atoms with E-state index in [4.69, 9.17) is 4.74 Å². The highest BCUT2D eigenvalue weighted by Crippen LogP contribution is 2.36. The summed E-state index contributed by atoms with van der Waals surface area (Å²) in [6, 6.07) is -1.44. The van der Waals surface area contributed by atoms with E-state index in [9.17, 15) is 19.8 Å². The molecule has 28 heavy (non-hydrogen) atoms. The molecule has 1 heterocycles. The SMILES string of the molecule is CCC(C)(C)CC1CCN(C(=O)OC(C)(C)C)C(C(=O)NC(CO)C(C)O)C1. The molecule has 0 spiro atoms. The Morgan fingerprint density at radius 1 is 1.25 bits per heavy atom. The Hall–Kier alpha value is -1.34. The Balaban J connectivity index is 2.99. The molecule has 3 N–H and O–H groups in total. The number of nitrogens with one attached hydrogen (secondary N) is 1. The second-order valence-corrected chi connectivity index (χ2v) is 9.84. The first kappa shape index (κ1) is 24.7. The predicted molar refractivity (Wildman–Crippen MR) is 109 cm³/mol. The van der Waals surface area contributed by atoms with Crippen molar-refractivity contribution in [2.45, 2.75) is 97.9 Å². The molecule has 164 valence electrons. The van der Waals surface area contributed by atoms with Gasteiger partial charge in [-0.3, -0.25) is 9.69 Å². The van der Waals surface area contributed by atoms with Crippen LogP contribution in [0.15, 0.2) is 0 Å². The molecule has 4 unspecified atom stereocenters. The fraction of sp³-hybridized carbons (Fsp3) is 0.905. The number of aliphatic hydroxyl groups excluding tert-OH is 2. The molecular weight excluding hydrogens is 360 g/mol. The Morgan fingerprint density at radius 2 is 1.86 bits per heavy atom. The maximum Gasteiger partial charge on any atom is 0.410 e. The number of amides is 2. The Kier molecular flexibility index (Phi) is 8.75. The monoisotopic (exact) mass is 400 g/mol. The summed E-state index contributed by atoms with van der Waals surface area (Å²) in [5.41, 5.74) is -0.473. The number of carbonyl (C=O) groups excluding carboxylic acids is 2. The first-order valence-electron chi connectivity index (χ1n) is 10.4. The van der Waals surface area contributed by atoms with Crippen molar-refractivity contribution in [3.05, 3.63) is 0 Å². The van der Waals surface area contributed by atoms with Crippen LogP contribution in [0, 0.1) is 11.3 Å². The number of aliphatic hydroxyl groups is 2. The van der Waals surface area contributed by atoms with Crippen molar-refractivity contribution >= 4 is 12.0 Å². The van der Waals surface area contributed by atoms with Gasteiger partial charge in [0.25, 0.3) is 0 Å². The van der Waals surface area contributed by atoms with Crippen LogP contribution in [0.3, 0.4) is 0 Å². The Labute approximate surface area is 169 Å². The summed E-state index contributed by atoms with van der Waals surface area (Å²) in [6.45, 7) is 13.6. The van der Waals surface area contributed by atoms with Crippen LogP contribution >= 0.6 is 0 Å². The zero-order valence-corrected chi connectivity index (χ0v) is 18.6. The molecule has 7 heteroatoms. The van der Waals surface area contributed by atoms with Gasteiger partial charge in [-0.05, 0) is 58.3 Å². The minimum atomic E-state index is -0.887. The van der Waals surface area contributed by atoms with E-state index in [0.717, 1.165) is 19.3 Å². The van der Waals surface area contributed by atoms with Gasteiger partial charge in [-0.1, -0.05) is 27.2 Å². The highest BCUT2D eigenvalue weighted by atomic mass is 16.6. The van der Waals surface area contributed by atoms with Crippen molar-refractivity contribution in [1.82, 2.24) is 10.2 Å². The largest absolute Gasteiger partial charge is 0.444 e. The van der Waals surface area contributed by atoms with E-state index in [-0.39, 0.29) is 17.9 Å². The lowest BCUT2D eigenvalue weighted by atomic mass is 9.76. The number of carbonyl (C=O) groups is 2. The summed E-state index contributed by atoms with van der Waals surface area (Å²) in [7, 11) is 0. The van der Waals surface area contributed by atoms with Gasteiger partial charge in [0.05, 0.1) is 18.8 Å². The number of ether oxygens (including phenoxy) is 1. The minimum absolute atomic E-state index is 0.174. The molecule has 1 aliphatic rings. The molecule has 0 aliphatic carbocycles. The Morgan fingerprint density at radius 3 is 2.32 bits per heavy atom. The summed E-state index contributed by atoms with van der Waals surface area (Å²) in [6.07, 6.45) is 2.01. The normalized spacial score (nSPS) is 23.1. The van der Waals surface area contributed by atoms with E-state index in [1.54, 1.807) is 20.8 Å². The summed E-state index contributed by atoms with van der Waals surface area (Å²) in [5, 5.41) is 21.9. The smallest absolute Gasteiger partial charge is 0.410 e. The maximum absolute atomic E-state index is 13.0. The number of likely N-dealkylation sites (tertiary alicyclic amines) is 1. The van der Waals surface area contributed by atoms with Gasteiger partial charge < -0.3 is 20.3 Å². The van der Waals surface area contributed by atoms with Gasteiger partial charge in [0, 0.05) is 6.54 Å². The van der Waals surface area contributed by atoms with Crippen molar-refractivity contribution in [1.29, 1.82) is 0 Å². The summed E-state index contributed by atoms with van der Waals surface area (Å²) in [5.74, 6) is -0.0340. The van der Waals surface area contributed by atoms with Gasteiger partial charge in [0.15, 0.2) is 0 Å². The van der Waals surface area contributed by atoms with E-state index in [1.165, 1.54) is 11.8 Å². The van der Waals surface area contributed by atoms with Gasteiger partial charge >= 0.3 is 6.09 Å². The predicted octanol–water partition coefficient (Wildman–Crippen LogP) is 2.69. The van der Waals surface area contributed by atoms with Crippen LogP contribution in [0.5, 0.6) is 0 Å². The van der Waals surface area contributed by atoms with Gasteiger partial charge in [-0.2, -0.15) is 0 Å². The van der Waals surface area contributed by atoms with Crippen molar-refractivity contribution in [3.63, 3.8) is 0 Å². The first-order chi connectivity index (χ1) is 12.8. The third-order valence-corrected chi connectivity index (χ3v) is 5.55. The highest BCUT2D eigenvalue weighted by Gasteiger charge is 2.40. The minimum Gasteiger partial charge on any atom is -0.444 e. The quantitative estimate of drug-likeness (QED) is 0.610. The summed E-state index contributed by atoms with van der Waals surface area (Å²) < 4.78 is 5.50. The molecule has 0 aromatic carbocycles. The van der Waals surface area contributed by atoms with Crippen molar-refractivity contribution < 1.29 is 24.5 Å². The molecule has 1 saturated heterocycles. The Bertz CT molecular complexity index is 527. The van der Waals surface area contributed by atoms with Crippen molar-refractivity contribution in [2.24, 2.45) is 11.3 Å². The molecule has 1 aliphatic heterocycles. The second kappa shape index (κ2) is 9.92. The summed E-state index contributed by atoms with van der Waals surface area (Å²) in [4.78, 5) is 27.1. The lowest BCUT2D eigenvalue weighted by Crippen LogP contribution is -2.58. The summed E-state index contributed by atoms with van der Waals surface area (Å²) >= 11 is 0. The molecule has 0 aromatic rings. The lowest BCUT2D eigenvalue weighted by molar-refractivity contribution is -0.130. The van der Waals surface area contributed by atoms with Crippen LogP contribution in [0.2, 0.25) is 0 Å². The fourth-order valence-electron chi connectivity index (χ4n) is 3.53. The zero-order chi connectivity index (χ0) is 21.7. The molecule has 4 atom stereocenters. The molecule has 1 fully saturated rings. The van der Waals surface area contributed by atoms with Crippen LogP contribution in [-0.2, 0) is 9.53 Å². The highest BCUT2D eigenvalue weighted by molar-refractivity contribution is 5.86. The average Bonchev–Trinajstić information content (AvgIpc) is 2.57. The van der Waals surface area contributed by atoms with Gasteiger partial charge in [-0.25, -0.2) is 4.79 Å². The van der Waals surface area contributed by atoms with E-state index < -0.39 is 29.9 Å². The third-order valence-electron chi connectivity index (χ3n) is 5.55. The van der Waals surface area contributed by atoms with Crippen LogP contribution < -0.4 is 5.32 Å². The molecule has 1 rings (SSSR count). The first-order valence-corrected chi connectivity index (χ1v) is 10.4. The zero-order valence-electron chi connectivity index (χ0n) is 18.6. The fourth-order valence-corrected chi connectivity index (χ4v) is 3.53. The van der Waals surface area contributed by atoms with Gasteiger partial charge in [-0.15, -0.1) is 0 Å². The van der Waals surface area contributed by atoms with Crippen LogP contribution in [0.25, 0.3) is 0 Å². The second-order valence-electron chi connectivity index (χ2n) is 9.84. The number of rotatable bonds is 7. The topological polar surface area (TPSA) is 99.1 Å². The van der Waals surface area contributed by atoms with Crippen molar-refractivity contribution in [2.75, 3.05) is 13.2 Å². The molecule has 0 aromatic heterocycles. The number of hydrogen-bond acceptors (Lipinski definition) is 5. The third kappa shape index (κ3) is 7.59. The van der Waals surface area contributed by atoms with Crippen LogP contribution in [0.1, 0.15) is 74.1 Å². The van der Waals surface area contributed by atoms with Gasteiger partial charge in [0.2, 0.25) is 5.91 Å². The lowest BCUT2D eigenvalue weighted by Gasteiger charge is -2.41. The van der Waals surface area contributed by atoms with Crippen molar-refractivity contribution in [3.8, 4) is 0 Å². The van der Waals surface area contributed by atoms with E-state index in [2.05, 4.69) is 26.1 Å². The molecule has 0 radical (unpaired) electrons. The number of nitrogens with zero attached hydrogens (tertiary/aromatic N) is 1. The van der Waals surface area contributed by atoms with E-state index >= 15 is 0 Å². The van der Waals surface area contributed by atoms with E-state index in [0.29, 0.717) is 18.9 Å². The molecule has 7 nitrogen and oxygen atoms in total. The molecular formula is C21H40N2O5. The maximum atomic E-state index is 13.0. The molecule has 0 bridgehead atoms. The van der Waals surface area contributed by atoms with E-state index in [1.807, 2.05) is 0 Å².